The number of rotatable bonds is 5. The number of ether oxygens (including phenoxy) is 1. The van der Waals surface area contributed by atoms with Gasteiger partial charge in [-0.15, -0.1) is 0 Å². The van der Waals surface area contributed by atoms with Gasteiger partial charge in [0, 0.05) is 32.5 Å². The van der Waals surface area contributed by atoms with Crippen LogP contribution in [0.1, 0.15) is 25.7 Å². The van der Waals surface area contributed by atoms with Gasteiger partial charge in [-0.3, -0.25) is 4.79 Å². The molecule has 1 aliphatic rings. The van der Waals surface area contributed by atoms with Crippen LogP contribution < -0.4 is 0 Å². The predicted octanol–water partition coefficient (Wildman–Crippen LogP) is 0.437. The molecule has 0 aromatic carbocycles. The van der Waals surface area contributed by atoms with Crippen molar-refractivity contribution in [2.24, 2.45) is 0 Å². The molecule has 0 bridgehead atoms. The molecule has 1 fully saturated rings. The second-order valence-corrected chi connectivity index (χ2v) is 4.34. The number of aliphatic hydroxyl groups excluding tert-OH is 1. The number of hydrogen-bond donors (Lipinski definition) is 1. The summed E-state index contributed by atoms with van der Waals surface area (Å²) in [5.41, 5.74) is 0. The molecule has 4 nitrogen and oxygen atoms in total. The highest BCUT2D eigenvalue weighted by molar-refractivity contribution is 5.79. The van der Waals surface area contributed by atoms with Gasteiger partial charge in [-0.25, -0.2) is 0 Å². The molecule has 2 atom stereocenters. The van der Waals surface area contributed by atoms with Crippen LogP contribution in [0.25, 0.3) is 0 Å². The molecule has 0 aliphatic heterocycles. The molecule has 0 saturated heterocycles. The van der Waals surface area contributed by atoms with E-state index >= 15 is 0 Å². The molecule has 0 spiro atoms. The van der Waals surface area contributed by atoms with Crippen LogP contribution in [0.3, 0.4) is 0 Å². The number of Topliss-reactive ketones (excluding diaryl/α,β-unsaturated/α-hetero) is 1. The van der Waals surface area contributed by atoms with Crippen LogP contribution in [0.15, 0.2) is 0 Å². The van der Waals surface area contributed by atoms with Gasteiger partial charge in [0.25, 0.3) is 0 Å². The van der Waals surface area contributed by atoms with E-state index in [0.717, 1.165) is 19.3 Å². The largest absolute Gasteiger partial charge is 0.389 e. The van der Waals surface area contributed by atoms with Crippen molar-refractivity contribution in [2.45, 2.75) is 37.8 Å². The van der Waals surface area contributed by atoms with Gasteiger partial charge in [0.15, 0.2) is 0 Å². The van der Waals surface area contributed by atoms with Gasteiger partial charge in [-0.05, 0) is 19.9 Å². The second kappa shape index (κ2) is 6.20. The Hall–Kier alpha value is -0.450. The van der Waals surface area contributed by atoms with E-state index in [0.29, 0.717) is 31.4 Å². The van der Waals surface area contributed by atoms with Crippen molar-refractivity contribution in [1.29, 1.82) is 0 Å². The summed E-state index contributed by atoms with van der Waals surface area (Å²) >= 11 is 0. The maximum absolute atomic E-state index is 11.3. The Labute approximate surface area is 91.2 Å². The zero-order chi connectivity index (χ0) is 11.3. The minimum atomic E-state index is -0.461. The molecule has 0 heterocycles. The molecule has 4 heteroatoms. The van der Waals surface area contributed by atoms with Crippen LogP contribution in [0.2, 0.25) is 0 Å². The van der Waals surface area contributed by atoms with Gasteiger partial charge in [0.2, 0.25) is 0 Å². The number of carbonyl (C=O) groups is 1. The van der Waals surface area contributed by atoms with Gasteiger partial charge >= 0.3 is 0 Å². The molecular formula is C11H21NO3. The zero-order valence-corrected chi connectivity index (χ0v) is 9.61. The topological polar surface area (TPSA) is 49.8 Å². The molecule has 0 aromatic heterocycles. The number of methoxy groups -OCH3 is 1. The molecule has 1 N–H and O–H groups in total. The Bertz CT molecular complexity index is 208. The summed E-state index contributed by atoms with van der Waals surface area (Å²) < 4.78 is 4.87. The summed E-state index contributed by atoms with van der Waals surface area (Å²) in [6.45, 7) is 0.927. The fraction of sp³-hybridized carbons (Fsp3) is 0.909. The third-order valence-electron chi connectivity index (χ3n) is 2.94. The van der Waals surface area contributed by atoms with Crippen molar-refractivity contribution in [1.82, 2.24) is 4.90 Å². The molecule has 0 radical (unpaired) electrons. The first-order chi connectivity index (χ1) is 7.13. The van der Waals surface area contributed by atoms with Crippen LogP contribution in [0.4, 0.5) is 0 Å². The highest BCUT2D eigenvalue weighted by Crippen LogP contribution is 2.19. The molecule has 0 aromatic rings. The van der Waals surface area contributed by atoms with Gasteiger partial charge in [-0.2, -0.15) is 0 Å². The van der Waals surface area contributed by atoms with Crippen molar-refractivity contribution in [3.8, 4) is 0 Å². The molecular weight excluding hydrogens is 194 g/mol. The quantitative estimate of drug-likeness (QED) is 0.723. The third kappa shape index (κ3) is 4.28. The lowest BCUT2D eigenvalue weighted by atomic mass is 9.93. The third-order valence-corrected chi connectivity index (χ3v) is 2.94. The standard InChI is InChI=1S/C11H21NO3/c1-12(7-11(14)8-15-2)9-4-3-5-10(13)6-9/h9,11,14H,3-8H2,1-2H3. The summed E-state index contributed by atoms with van der Waals surface area (Å²) in [4.78, 5) is 13.3. The van der Waals surface area contributed by atoms with Crippen LogP contribution >= 0.6 is 0 Å². The van der Waals surface area contributed by atoms with Crippen LogP contribution in [0, 0.1) is 0 Å². The SMILES string of the molecule is COCC(O)CN(C)C1CCCC(=O)C1. The number of ketones is 1. The predicted molar refractivity (Wildman–Crippen MR) is 57.8 cm³/mol. The maximum atomic E-state index is 11.3. The first-order valence-electron chi connectivity index (χ1n) is 5.52. The number of nitrogens with zero attached hydrogens (tertiary/aromatic N) is 1. The van der Waals surface area contributed by atoms with E-state index in [9.17, 15) is 9.90 Å². The van der Waals surface area contributed by atoms with Crippen molar-refractivity contribution in [2.75, 3.05) is 27.3 Å². The molecule has 88 valence electrons. The average Bonchev–Trinajstić information content (AvgIpc) is 2.18. The first-order valence-corrected chi connectivity index (χ1v) is 5.52. The summed E-state index contributed by atoms with van der Waals surface area (Å²) in [5, 5.41) is 9.56. The smallest absolute Gasteiger partial charge is 0.134 e. The molecule has 2 unspecified atom stereocenters. The van der Waals surface area contributed by atoms with Crippen molar-refractivity contribution >= 4 is 5.78 Å². The normalized spacial score (nSPS) is 24.5. The zero-order valence-electron chi connectivity index (χ0n) is 9.61. The van der Waals surface area contributed by atoms with Gasteiger partial charge in [-0.1, -0.05) is 0 Å². The molecule has 1 rings (SSSR count). The average molecular weight is 215 g/mol. The number of aliphatic hydroxyl groups is 1. The number of likely N-dealkylation sites (N-methyl/N-ethyl adjacent to an activating group) is 1. The first kappa shape index (κ1) is 12.6. The minimum Gasteiger partial charge on any atom is -0.389 e. The molecule has 1 aliphatic carbocycles. The summed E-state index contributed by atoms with van der Waals surface area (Å²) in [5.74, 6) is 0.347. The van der Waals surface area contributed by atoms with E-state index in [4.69, 9.17) is 4.74 Å². The Morgan fingerprint density at radius 3 is 3.00 bits per heavy atom. The van der Waals surface area contributed by atoms with E-state index < -0.39 is 6.10 Å². The summed E-state index contributed by atoms with van der Waals surface area (Å²) in [7, 11) is 3.54. The Morgan fingerprint density at radius 2 is 2.40 bits per heavy atom. The maximum Gasteiger partial charge on any atom is 0.134 e. The van der Waals surface area contributed by atoms with E-state index in [2.05, 4.69) is 4.90 Å². The van der Waals surface area contributed by atoms with Crippen LogP contribution in [0.5, 0.6) is 0 Å². The van der Waals surface area contributed by atoms with Crippen LogP contribution in [-0.4, -0.2) is 55.2 Å². The lowest BCUT2D eigenvalue weighted by Gasteiger charge is -2.31. The summed E-state index contributed by atoms with van der Waals surface area (Å²) in [6.07, 6.45) is 2.94. The fourth-order valence-corrected chi connectivity index (χ4v) is 2.10. The van der Waals surface area contributed by atoms with E-state index in [1.165, 1.54) is 0 Å². The second-order valence-electron chi connectivity index (χ2n) is 4.34. The number of carbonyl (C=O) groups excluding carboxylic acids is 1. The molecule has 0 amide bonds. The van der Waals surface area contributed by atoms with E-state index in [1.807, 2.05) is 7.05 Å². The van der Waals surface area contributed by atoms with Gasteiger partial charge in [0.05, 0.1) is 12.7 Å². The van der Waals surface area contributed by atoms with Crippen molar-refractivity contribution in [3.05, 3.63) is 0 Å². The monoisotopic (exact) mass is 215 g/mol. The summed E-state index contributed by atoms with van der Waals surface area (Å²) in [6, 6.07) is 0.303. The fourth-order valence-electron chi connectivity index (χ4n) is 2.10. The molecule has 1 saturated carbocycles. The Kier molecular flexibility index (Phi) is 5.22. The molecule has 15 heavy (non-hydrogen) atoms. The lowest BCUT2D eigenvalue weighted by Crippen LogP contribution is -2.41. The van der Waals surface area contributed by atoms with E-state index in [1.54, 1.807) is 7.11 Å². The number of hydrogen-bond acceptors (Lipinski definition) is 4. The Morgan fingerprint density at radius 1 is 1.67 bits per heavy atom. The van der Waals surface area contributed by atoms with Crippen LogP contribution in [-0.2, 0) is 9.53 Å². The minimum absolute atomic E-state index is 0.303. The van der Waals surface area contributed by atoms with E-state index in [-0.39, 0.29) is 0 Å². The van der Waals surface area contributed by atoms with Gasteiger partial charge < -0.3 is 14.7 Å². The Balaban J connectivity index is 2.31. The van der Waals surface area contributed by atoms with Crippen molar-refractivity contribution in [3.63, 3.8) is 0 Å². The van der Waals surface area contributed by atoms with Gasteiger partial charge in [0.1, 0.15) is 5.78 Å². The van der Waals surface area contributed by atoms with Crippen molar-refractivity contribution < 1.29 is 14.6 Å². The highest BCUT2D eigenvalue weighted by atomic mass is 16.5. The highest BCUT2D eigenvalue weighted by Gasteiger charge is 2.23. The lowest BCUT2D eigenvalue weighted by molar-refractivity contribution is -0.122.